The number of fused-ring (bicyclic) bond motifs is 1. The van der Waals surface area contributed by atoms with Crippen molar-refractivity contribution in [3.63, 3.8) is 0 Å². The lowest BCUT2D eigenvalue weighted by atomic mass is 9.88. The van der Waals surface area contributed by atoms with E-state index in [1.54, 1.807) is 25.1 Å². The van der Waals surface area contributed by atoms with Gasteiger partial charge in [0.25, 0.3) is 0 Å². The molecule has 0 saturated heterocycles. The van der Waals surface area contributed by atoms with Gasteiger partial charge in [0.15, 0.2) is 5.82 Å². The first-order valence-electron chi connectivity index (χ1n) is 10.5. The van der Waals surface area contributed by atoms with E-state index in [1.165, 1.54) is 22.6 Å². The SMILES string of the molecule is Cc1ncn(-c2ccc(Nc3nc4n(n3)CCCC[C@H]4C3=CC=C(F)CC3)cc2F)n1. The average molecular weight is 423 g/mol. The molecule has 5 rings (SSSR count). The summed E-state index contributed by atoms with van der Waals surface area (Å²) in [5.74, 6) is 1.53. The van der Waals surface area contributed by atoms with Gasteiger partial charge in [0.2, 0.25) is 5.95 Å². The molecule has 1 atom stereocenters. The number of nitrogens with one attached hydrogen (secondary N) is 1. The first-order valence-corrected chi connectivity index (χ1v) is 10.5. The Morgan fingerprint density at radius 1 is 1.10 bits per heavy atom. The van der Waals surface area contributed by atoms with Crippen molar-refractivity contribution in [2.75, 3.05) is 5.32 Å². The molecule has 1 aliphatic carbocycles. The van der Waals surface area contributed by atoms with Crippen LogP contribution >= 0.6 is 0 Å². The van der Waals surface area contributed by atoms with Crippen LogP contribution in [0.3, 0.4) is 0 Å². The third kappa shape index (κ3) is 3.99. The minimum absolute atomic E-state index is 0.0762. The van der Waals surface area contributed by atoms with Crippen LogP contribution in [-0.2, 0) is 6.54 Å². The van der Waals surface area contributed by atoms with Crippen LogP contribution in [0.5, 0.6) is 0 Å². The molecule has 0 unspecified atom stereocenters. The van der Waals surface area contributed by atoms with Crippen molar-refractivity contribution in [1.82, 2.24) is 29.5 Å². The Morgan fingerprint density at radius 2 is 2.00 bits per heavy atom. The van der Waals surface area contributed by atoms with Gasteiger partial charge in [-0.1, -0.05) is 18.1 Å². The molecule has 2 aromatic heterocycles. The summed E-state index contributed by atoms with van der Waals surface area (Å²) in [5, 5.41) is 11.9. The molecule has 31 heavy (non-hydrogen) atoms. The van der Waals surface area contributed by atoms with Gasteiger partial charge in [0.05, 0.1) is 0 Å². The molecule has 3 heterocycles. The standard InChI is InChI=1S/C22H23F2N7/c1-14-25-13-31(28-14)20-10-9-17(12-19(20)24)26-22-27-21-18(4-2-3-11-30(21)29-22)15-5-7-16(23)8-6-15/h5,7,9-10,12-13,18H,2-4,6,8,11H2,1H3,(H,26,29)/t18-/m0/s1. The highest BCUT2D eigenvalue weighted by Crippen LogP contribution is 2.37. The van der Waals surface area contributed by atoms with Crippen LogP contribution in [0.2, 0.25) is 0 Å². The first kappa shape index (κ1) is 19.6. The lowest BCUT2D eigenvalue weighted by molar-refractivity contribution is 0.556. The Labute approximate surface area is 178 Å². The molecule has 1 N–H and O–H groups in total. The number of rotatable bonds is 4. The van der Waals surface area contributed by atoms with Gasteiger partial charge in [0, 0.05) is 24.6 Å². The lowest BCUT2D eigenvalue weighted by Gasteiger charge is -2.19. The highest BCUT2D eigenvalue weighted by molar-refractivity contribution is 5.56. The predicted octanol–water partition coefficient (Wildman–Crippen LogP) is 4.89. The van der Waals surface area contributed by atoms with Gasteiger partial charge in [-0.3, -0.25) is 0 Å². The fourth-order valence-electron chi connectivity index (χ4n) is 4.20. The summed E-state index contributed by atoms with van der Waals surface area (Å²) in [6.07, 6.45) is 9.15. The summed E-state index contributed by atoms with van der Waals surface area (Å²) >= 11 is 0. The topological polar surface area (TPSA) is 73.5 Å². The van der Waals surface area contributed by atoms with Gasteiger partial charge in [-0.15, -0.1) is 5.10 Å². The van der Waals surface area contributed by atoms with E-state index < -0.39 is 5.82 Å². The molecule has 1 aliphatic heterocycles. The number of hydrogen-bond donors (Lipinski definition) is 1. The van der Waals surface area contributed by atoms with E-state index in [-0.39, 0.29) is 11.7 Å². The molecule has 1 aromatic carbocycles. The Kier molecular flexibility index (Phi) is 5.09. The zero-order valence-electron chi connectivity index (χ0n) is 17.2. The zero-order valence-corrected chi connectivity index (χ0v) is 17.2. The summed E-state index contributed by atoms with van der Waals surface area (Å²) in [4.78, 5) is 8.77. The van der Waals surface area contributed by atoms with Crippen LogP contribution in [0.1, 0.15) is 49.7 Å². The molecule has 9 heteroatoms. The van der Waals surface area contributed by atoms with Crippen LogP contribution in [0.15, 0.2) is 48.1 Å². The van der Waals surface area contributed by atoms with Crippen molar-refractivity contribution in [2.45, 2.75) is 51.5 Å². The predicted molar refractivity (Wildman–Crippen MR) is 112 cm³/mol. The Balaban J connectivity index is 1.40. The highest BCUT2D eigenvalue weighted by Gasteiger charge is 2.27. The Hall–Kier alpha value is -3.36. The van der Waals surface area contributed by atoms with Crippen molar-refractivity contribution in [3.8, 4) is 5.69 Å². The summed E-state index contributed by atoms with van der Waals surface area (Å²) in [6.45, 7) is 2.54. The van der Waals surface area contributed by atoms with E-state index in [2.05, 4.69) is 20.5 Å². The fraction of sp³-hybridized carbons (Fsp3) is 0.364. The van der Waals surface area contributed by atoms with E-state index >= 15 is 0 Å². The highest BCUT2D eigenvalue weighted by atomic mass is 19.1. The van der Waals surface area contributed by atoms with E-state index in [1.807, 2.05) is 10.8 Å². The quantitative estimate of drug-likeness (QED) is 0.647. The Morgan fingerprint density at radius 3 is 2.74 bits per heavy atom. The molecule has 3 aromatic rings. The molecule has 160 valence electrons. The lowest BCUT2D eigenvalue weighted by Crippen LogP contribution is -2.10. The molecule has 0 spiro atoms. The number of hydrogen-bond acceptors (Lipinski definition) is 5. The van der Waals surface area contributed by atoms with Crippen molar-refractivity contribution in [2.24, 2.45) is 0 Å². The second-order valence-corrected chi connectivity index (χ2v) is 7.95. The molecule has 0 radical (unpaired) electrons. The maximum absolute atomic E-state index is 14.6. The Bertz CT molecular complexity index is 1170. The van der Waals surface area contributed by atoms with Crippen LogP contribution in [-0.4, -0.2) is 29.5 Å². The maximum Gasteiger partial charge on any atom is 0.246 e. The van der Waals surface area contributed by atoms with Crippen LogP contribution in [0.25, 0.3) is 5.69 Å². The van der Waals surface area contributed by atoms with Crippen molar-refractivity contribution < 1.29 is 8.78 Å². The number of anilines is 2. The number of aromatic nitrogens is 6. The van der Waals surface area contributed by atoms with Crippen molar-refractivity contribution in [1.29, 1.82) is 0 Å². The zero-order chi connectivity index (χ0) is 21.4. The van der Waals surface area contributed by atoms with Crippen molar-refractivity contribution >= 4 is 11.6 Å². The summed E-state index contributed by atoms with van der Waals surface area (Å²) in [6, 6.07) is 4.80. The van der Waals surface area contributed by atoms with Gasteiger partial charge < -0.3 is 5.32 Å². The second kappa shape index (κ2) is 8.05. The third-order valence-corrected chi connectivity index (χ3v) is 5.76. The number of benzene rings is 1. The van der Waals surface area contributed by atoms with E-state index in [4.69, 9.17) is 4.98 Å². The number of allylic oxidation sites excluding steroid dienone is 4. The minimum atomic E-state index is -0.422. The van der Waals surface area contributed by atoms with Crippen molar-refractivity contribution in [3.05, 3.63) is 65.5 Å². The molecule has 0 saturated carbocycles. The van der Waals surface area contributed by atoms with Gasteiger partial charge in [0.1, 0.15) is 29.5 Å². The average Bonchev–Trinajstić information content (AvgIpc) is 3.30. The van der Waals surface area contributed by atoms with E-state index in [0.717, 1.165) is 31.6 Å². The molecule has 2 aliphatic rings. The normalized spacial score (nSPS) is 18.7. The summed E-state index contributed by atoms with van der Waals surface area (Å²) in [7, 11) is 0. The monoisotopic (exact) mass is 423 g/mol. The van der Waals surface area contributed by atoms with Gasteiger partial charge >= 0.3 is 0 Å². The van der Waals surface area contributed by atoms with Gasteiger partial charge in [-0.2, -0.15) is 10.1 Å². The smallest absolute Gasteiger partial charge is 0.246 e. The molecular weight excluding hydrogens is 400 g/mol. The molecule has 0 amide bonds. The van der Waals surface area contributed by atoms with E-state index in [9.17, 15) is 8.78 Å². The first-order chi connectivity index (χ1) is 15.1. The van der Waals surface area contributed by atoms with Crippen LogP contribution < -0.4 is 5.32 Å². The number of halogens is 2. The largest absolute Gasteiger partial charge is 0.323 e. The van der Waals surface area contributed by atoms with E-state index in [0.29, 0.717) is 36.0 Å². The second-order valence-electron chi connectivity index (χ2n) is 7.95. The molecule has 7 nitrogen and oxygen atoms in total. The van der Waals surface area contributed by atoms with Gasteiger partial charge in [-0.05, 0) is 50.5 Å². The van der Waals surface area contributed by atoms with Gasteiger partial charge in [-0.25, -0.2) is 23.1 Å². The number of aryl methyl sites for hydroxylation is 2. The molecular formula is C22H23F2N7. The third-order valence-electron chi connectivity index (χ3n) is 5.76. The van der Waals surface area contributed by atoms with Crippen LogP contribution in [0.4, 0.5) is 20.4 Å². The maximum atomic E-state index is 14.6. The minimum Gasteiger partial charge on any atom is -0.323 e. The molecule has 0 fully saturated rings. The number of nitrogens with zero attached hydrogens (tertiary/aromatic N) is 6. The summed E-state index contributed by atoms with van der Waals surface area (Å²) < 4.78 is 31.4. The summed E-state index contributed by atoms with van der Waals surface area (Å²) in [5.41, 5.74) is 2.07. The fourth-order valence-corrected chi connectivity index (χ4v) is 4.20. The van der Waals surface area contributed by atoms with Crippen LogP contribution in [0, 0.1) is 12.7 Å². The molecule has 0 bridgehead atoms.